The maximum atomic E-state index is 9.22. The molecule has 1 aromatic carbocycles. The zero-order chi connectivity index (χ0) is 11.7. The summed E-state index contributed by atoms with van der Waals surface area (Å²) in [5.74, 6) is 0.820. The predicted octanol–water partition coefficient (Wildman–Crippen LogP) is 3.72. The van der Waals surface area contributed by atoms with Gasteiger partial charge in [0.25, 0.3) is 0 Å². The number of hydrogen-bond donors (Lipinski definition) is 1. The Kier molecular flexibility index (Phi) is 2.71. The van der Waals surface area contributed by atoms with Crippen LogP contribution in [0.25, 0.3) is 5.57 Å². The van der Waals surface area contributed by atoms with Gasteiger partial charge in [-0.15, -0.1) is 0 Å². The number of rotatable bonds is 1. The van der Waals surface area contributed by atoms with Crippen molar-refractivity contribution in [2.75, 3.05) is 0 Å². The van der Waals surface area contributed by atoms with Crippen LogP contribution in [0.15, 0.2) is 41.6 Å². The maximum Gasteiger partial charge on any atom is 0.0679 e. The smallest absolute Gasteiger partial charge is 0.0679 e. The van der Waals surface area contributed by atoms with Gasteiger partial charge in [0.05, 0.1) is 5.71 Å². The molecular formula is C15H17NO. The molecule has 88 valence electrons. The highest BCUT2D eigenvalue weighted by Gasteiger charge is 2.35. The van der Waals surface area contributed by atoms with Crippen LogP contribution in [0.2, 0.25) is 0 Å². The second-order valence-corrected chi connectivity index (χ2v) is 4.97. The topological polar surface area (TPSA) is 32.6 Å². The van der Waals surface area contributed by atoms with Crippen molar-refractivity contribution in [3.05, 3.63) is 42.0 Å². The van der Waals surface area contributed by atoms with Crippen LogP contribution in [0.3, 0.4) is 0 Å². The van der Waals surface area contributed by atoms with Gasteiger partial charge in [0.1, 0.15) is 0 Å². The molecule has 0 amide bonds. The van der Waals surface area contributed by atoms with E-state index in [4.69, 9.17) is 0 Å². The zero-order valence-electron chi connectivity index (χ0n) is 9.84. The van der Waals surface area contributed by atoms with Gasteiger partial charge in [0.15, 0.2) is 0 Å². The van der Waals surface area contributed by atoms with Crippen molar-refractivity contribution in [1.29, 1.82) is 0 Å². The third-order valence-electron chi connectivity index (χ3n) is 4.04. The van der Waals surface area contributed by atoms with Crippen LogP contribution < -0.4 is 0 Å². The number of fused-ring (bicyclic) bond motifs is 2. The lowest BCUT2D eigenvalue weighted by molar-refractivity contribution is 0.304. The van der Waals surface area contributed by atoms with E-state index in [1.165, 1.54) is 24.0 Å². The lowest BCUT2D eigenvalue weighted by atomic mass is 9.69. The molecule has 0 radical (unpaired) electrons. The van der Waals surface area contributed by atoms with Crippen molar-refractivity contribution in [3.8, 4) is 0 Å². The van der Waals surface area contributed by atoms with Gasteiger partial charge >= 0.3 is 0 Å². The van der Waals surface area contributed by atoms with Gasteiger partial charge in [0.2, 0.25) is 0 Å². The normalized spacial score (nSPS) is 30.1. The predicted molar refractivity (Wildman–Crippen MR) is 69.1 cm³/mol. The van der Waals surface area contributed by atoms with E-state index in [0.29, 0.717) is 11.8 Å². The Bertz CT molecular complexity index is 461. The SMILES string of the molecule is O/N=C1\[C@@H]2CC=C(c3ccccc3)[C@@H]1CCC2. The molecule has 2 heteroatoms. The molecule has 3 rings (SSSR count). The fourth-order valence-electron chi connectivity index (χ4n) is 3.21. The van der Waals surface area contributed by atoms with E-state index in [1.807, 2.05) is 6.07 Å². The fraction of sp³-hybridized carbons (Fsp3) is 0.400. The summed E-state index contributed by atoms with van der Waals surface area (Å²) in [5, 5.41) is 12.8. The molecule has 0 aliphatic heterocycles. The average molecular weight is 227 g/mol. The van der Waals surface area contributed by atoms with E-state index < -0.39 is 0 Å². The summed E-state index contributed by atoms with van der Waals surface area (Å²) in [4.78, 5) is 0. The van der Waals surface area contributed by atoms with Crippen molar-refractivity contribution in [1.82, 2.24) is 0 Å². The molecule has 2 nitrogen and oxygen atoms in total. The van der Waals surface area contributed by atoms with Crippen LogP contribution in [0.4, 0.5) is 0 Å². The minimum atomic E-state index is 0.342. The second-order valence-electron chi connectivity index (χ2n) is 4.97. The van der Waals surface area contributed by atoms with E-state index in [9.17, 15) is 5.21 Å². The summed E-state index contributed by atoms with van der Waals surface area (Å²) in [6.07, 6.45) is 6.92. The van der Waals surface area contributed by atoms with Crippen LogP contribution in [0.5, 0.6) is 0 Å². The van der Waals surface area contributed by atoms with Crippen LogP contribution >= 0.6 is 0 Å². The highest BCUT2D eigenvalue weighted by Crippen LogP contribution is 2.41. The van der Waals surface area contributed by atoms with Gasteiger partial charge in [-0.25, -0.2) is 0 Å². The van der Waals surface area contributed by atoms with Crippen LogP contribution in [-0.4, -0.2) is 10.9 Å². The van der Waals surface area contributed by atoms with Crippen molar-refractivity contribution in [3.63, 3.8) is 0 Å². The number of hydrogen-bond acceptors (Lipinski definition) is 2. The second kappa shape index (κ2) is 4.36. The minimum Gasteiger partial charge on any atom is -0.411 e. The Balaban J connectivity index is 2.01. The average Bonchev–Trinajstić information content (AvgIpc) is 2.39. The molecule has 1 fully saturated rings. The number of oxime groups is 1. The van der Waals surface area contributed by atoms with Gasteiger partial charge in [-0.3, -0.25) is 0 Å². The van der Waals surface area contributed by atoms with Crippen LogP contribution in [0, 0.1) is 11.8 Å². The summed E-state index contributed by atoms with van der Waals surface area (Å²) in [5.41, 5.74) is 3.64. The summed E-state index contributed by atoms with van der Waals surface area (Å²) in [7, 11) is 0. The van der Waals surface area contributed by atoms with E-state index in [0.717, 1.165) is 18.6 Å². The van der Waals surface area contributed by atoms with Gasteiger partial charge in [-0.2, -0.15) is 0 Å². The van der Waals surface area contributed by atoms with Crippen LogP contribution in [0.1, 0.15) is 31.2 Å². The Morgan fingerprint density at radius 2 is 1.94 bits per heavy atom. The standard InChI is InChI=1S/C15H17NO/c17-16-15-12-7-4-8-14(15)13(10-9-12)11-5-2-1-3-6-11/h1-3,5-6,10,12,14,17H,4,7-9H2/b16-15+/t12-,14-/m0/s1. The summed E-state index contributed by atoms with van der Waals surface area (Å²) >= 11 is 0. The largest absolute Gasteiger partial charge is 0.411 e. The first-order chi connectivity index (χ1) is 8.40. The van der Waals surface area contributed by atoms with Crippen molar-refractivity contribution in [2.45, 2.75) is 25.7 Å². The van der Waals surface area contributed by atoms with Gasteiger partial charge < -0.3 is 5.21 Å². The quantitative estimate of drug-likeness (QED) is 0.575. The molecular weight excluding hydrogens is 210 g/mol. The molecule has 0 aromatic heterocycles. The number of benzene rings is 1. The Hall–Kier alpha value is -1.57. The molecule has 1 aromatic rings. The third-order valence-corrected chi connectivity index (χ3v) is 4.04. The highest BCUT2D eigenvalue weighted by atomic mass is 16.4. The first-order valence-corrected chi connectivity index (χ1v) is 6.37. The molecule has 2 bridgehead atoms. The van der Waals surface area contributed by atoms with E-state index in [2.05, 4.69) is 35.5 Å². The van der Waals surface area contributed by atoms with Crippen LogP contribution in [-0.2, 0) is 0 Å². The molecule has 2 aliphatic rings. The first kappa shape index (κ1) is 10.6. The van der Waals surface area contributed by atoms with Crippen molar-refractivity contribution >= 4 is 11.3 Å². The summed E-state index contributed by atoms with van der Waals surface area (Å²) < 4.78 is 0. The molecule has 2 atom stereocenters. The first-order valence-electron chi connectivity index (χ1n) is 6.37. The maximum absolute atomic E-state index is 9.22. The lowest BCUT2D eigenvalue weighted by Crippen LogP contribution is -2.32. The van der Waals surface area contributed by atoms with Crippen molar-refractivity contribution in [2.24, 2.45) is 17.0 Å². The highest BCUT2D eigenvalue weighted by molar-refractivity contribution is 6.00. The zero-order valence-corrected chi connectivity index (χ0v) is 9.84. The molecule has 1 N–H and O–H groups in total. The number of nitrogens with zero attached hydrogens (tertiary/aromatic N) is 1. The summed E-state index contributed by atoms with van der Waals surface area (Å²) in [6.45, 7) is 0. The number of allylic oxidation sites excluding steroid dienone is 2. The monoisotopic (exact) mass is 227 g/mol. The van der Waals surface area contributed by atoms with E-state index >= 15 is 0 Å². The third kappa shape index (κ3) is 1.78. The molecule has 0 spiro atoms. The molecule has 1 saturated carbocycles. The molecule has 17 heavy (non-hydrogen) atoms. The van der Waals surface area contributed by atoms with E-state index in [-0.39, 0.29) is 0 Å². The van der Waals surface area contributed by atoms with Gasteiger partial charge in [0, 0.05) is 11.8 Å². The molecule has 0 heterocycles. The van der Waals surface area contributed by atoms with Crippen molar-refractivity contribution < 1.29 is 5.21 Å². The fourth-order valence-corrected chi connectivity index (χ4v) is 3.21. The van der Waals surface area contributed by atoms with E-state index in [1.54, 1.807) is 0 Å². The molecule has 0 unspecified atom stereocenters. The van der Waals surface area contributed by atoms with Gasteiger partial charge in [-0.05, 0) is 30.4 Å². The Labute approximate surface area is 102 Å². The van der Waals surface area contributed by atoms with Gasteiger partial charge in [-0.1, -0.05) is 48.0 Å². The Morgan fingerprint density at radius 1 is 1.12 bits per heavy atom. The molecule has 0 saturated heterocycles. The lowest BCUT2D eigenvalue weighted by Gasteiger charge is -2.35. The Morgan fingerprint density at radius 3 is 2.71 bits per heavy atom. The minimum absolute atomic E-state index is 0.342. The molecule has 2 aliphatic carbocycles. The summed E-state index contributed by atoms with van der Waals surface area (Å²) in [6, 6.07) is 10.5.